The summed E-state index contributed by atoms with van der Waals surface area (Å²) < 4.78 is 3.50. The fraction of sp³-hybridized carbons (Fsp3) is 0.385. The molecule has 2 unspecified atom stereocenters. The first kappa shape index (κ1) is 25.3. The summed E-state index contributed by atoms with van der Waals surface area (Å²) >= 11 is 0. The van der Waals surface area contributed by atoms with Gasteiger partial charge in [-0.15, -0.1) is 0 Å². The predicted octanol–water partition coefficient (Wildman–Crippen LogP) is 4.03. The Kier molecular flexibility index (Phi) is 9.07. The van der Waals surface area contributed by atoms with E-state index in [1.54, 1.807) is 9.36 Å². The molecule has 8 nitrogen and oxygen atoms in total. The summed E-state index contributed by atoms with van der Waals surface area (Å²) in [6, 6.07) is 20.1. The lowest BCUT2D eigenvalue weighted by Gasteiger charge is -2.14. The molecule has 0 radical (unpaired) electrons. The lowest BCUT2D eigenvalue weighted by molar-refractivity contribution is 0.112. The number of benzene rings is 2. The summed E-state index contributed by atoms with van der Waals surface area (Å²) in [6.45, 7) is 9.14. The van der Waals surface area contributed by atoms with E-state index in [0.717, 1.165) is 11.1 Å². The fourth-order valence-electron chi connectivity index (χ4n) is 3.36. The Labute approximate surface area is 201 Å². The van der Waals surface area contributed by atoms with Gasteiger partial charge in [-0.2, -0.15) is 10.2 Å². The first-order valence-electron chi connectivity index (χ1n) is 11.6. The maximum absolute atomic E-state index is 10.0. The number of aromatic nitrogens is 6. The Balaban J connectivity index is 0.000000191. The lowest BCUT2D eigenvalue weighted by Crippen LogP contribution is -2.15. The van der Waals surface area contributed by atoms with Gasteiger partial charge in [0.15, 0.2) is 11.6 Å². The average Bonchev–Trinajstić information content (AvgIpc) is 3.49. The molecule has 0 aliphatic heterocycles. The highest BCUT2D eigenvalue weighted by atomic mass is 16.3. The number of nitrogens with zero attached hydrogens (tertiary/aromatic N) is 6. The van der Waals surface area contributed by atoms with Crippen molar-refractivity contribution in [1.82, 2.24) is 29.5 Å². The van der Waals surface area contributed by atoms with Crippen LogP contribution in [0.4, 0.5) is 0 Å². The molecule has 180 valence electrons. The number of aliphatic hydroxyl groups is 2. The summed E-state index contributed by atoms with van der Waals surface area (Å²) in [7, 11) is 0. The molecule has 2 atom stereocenters. The van der Waals surface area contributed by atoms with Crippen molar-refractivity contribution in [3.8, 4) is 0 Å². The number of hydrogen-bond acceptors (Lipinski definition) is 6. The summed E-state index contributed by atoms with van der Waals surface area (Å²) in [4.78, 5) is 8.27. The van der Waals surface area contributed by atoms with E-state index in [9.17, 15) is 10.2 Å². The second kappa shape index (κ2) is 12.2. The van der Waals surface area contributed by atoms with Crippen molar-refractivity contribution >= 4 is 0 Å². The zero-order chi connectivity index (χ0) is 24.5. The van der Waals surface area contributed by atoms with Crippen molar-refractivity contribution in [2.75, 3.05) is 0 Å². The molecule has 34 heavy (non-hydrogen) atoms. The van der Waals surface area contributed by atoms with Crippen molar-refractivity contribution in [2.24, 2.45) is 11.8 Å². The smallest absolute Gasteiger partial charge is 0.156 e. The molecular weight excluding hydrogens is 428 g/mol. The third-order valence-electron chi connectivity index (χ3n) is 5.43. The lowest BCUT2D eigenvalue weighted by atomic mass is 10.1. The van der Waals surface area contributed by atoms with E-state index < -0.39 is 12.2 Å². The zero-order valence-electron chi connectivity index (χ0n) is 20.2. The molecule has 0 aliphatic carbocycles. The van der Waals surface area contributed by atoms with Crippen LogP contribution in [-0.4, -0.2) is 39.7 Å². The molecule has 0 aliphatic rings. The second-order valence-corrected chi connectivity index (χ2v) is 8.90. The zero-order valence-corrected chi connectivity index (χ0v) is 20.2. The van der Waals surface area contributed by atoms with Gasteiger partial charge in [0.1, 0.15) is 24.9 Å². The van der Waals surface area contributed by atoms with Crippen molar-refractivity contribution < 1.29 is 10.2 Å². The van der Waals surface area contributed by atoms with Crippen LogP contribution in [-0.2, 0) is 13.1 Å². The fourth-order valence-corrected chi connectivity index (χ4v) is 3.36. The van der Waals surface area contributed by atoms with E-state index in [1.807, 2.05) is 88.4 Å². The largest absolute Gasteiger partial charge is 0.385 e. The Morgan fingerprint density at radius 1 is 0.618 bits per heavy atom. The van der Waals surface area contributed by atoms with Crippen molar-refractivity contribution in [3.63, 3.8) is 0 Å². The van der Waals surface area contributed by atoms with Gasteiger partial charge in [-0.25, -0.2) is 19.3 Å². The SMILES string of the molecule is CC(C)C(O)c1ncnn1Cc1ccccc1.CC(C)C(O)c1ncnn1Cc1ccccc1. The number of hydrogen-bond donors (Lipinski definition) is 2. The summed E-state index contributed by atoms with van der Waals surface area (Å²) in [5.41, 5.74) is 2.30. The van der Waals surface area contributed by atoms with Crippen molar-refractivity contribution in [2.45, 2.75) is 53.0 Å². The van der Waals surface area contributed by atoms with E-state index in [1.165, 1.54) is 12.7 Å². The van der Waals surface area contributed by atoms with Gasteiger partial charge in [-0.05, 0) is 23.0 Å². The average molecular weight is 463 g/mol. The van der Waals surface area contributed by atoms with Crippen LogP contribution in [0.2, 0.25) is 0 Å². The van der Waals surface area contributed by atoms with Crippen LogP contribution in [0.1, 0.15) is 62.7 Å². The monoisotopic (exact) mass is 462 g/mol. The van der Waals surface area contributed by atoms with Crippen LogP contribution >= 0.6 is 0 Å². The summed E-state index contributed by atoms with van der Waals surface area (Å²) in [5, 5.41) is 28.4. The topological polar surface area (TPSA) is 102 Å². The molecule has 0 fully saturated rings. The van der Waals surface area contributed by atoms with Crippen molar-refractivity contribution in [3.05, 3.63) is 96.1 Å². The maximum Gasteiger partial charge on any atom is 0.156 e. The quantitative estimate of drug-likeness (QED) is 0.410. The molecule has 0 spiro atoms. The van der Waals surface area contributed by atoms with E-state index in [4.69, 9.17) is 0 Å². The Bertz CT molecular complexity index is 1020. The predicted molar refractivity (Wildman–Crippen MR) is 131 cm³/mol. The molecule has 4 rings (SSSR count). The number of rotatable bonds is 8. The molecule has 0 amide bonds. The minimum atomic E-state index is -0.568. The molecule has 2 aromatic carbocycles. The van der Waals surface area contributed by atoms with Crippen LogP contribution in [0.15, 0.2) is 73.3 Å². The Morgan fingerprint density at radius 2 is 0.971 bits per heavy atom. The molecular formula is C26H34N6O2. The maximum atomic E-state index is 10.0. The first-order valence-corrected chi connectivity index (χ1v) is 11.6. The van der Waals surface area contributed by atoms with Crippen LogP contribution in [0.25, 0.3) is 0 Å². The van der Waals surface area contributed by atoms with E-state index in [-0.39, 0.29) is 11.8 Å². The minimum Gasteiger partial charge on any atom is -0.385 e. The van der Waals surface area contributed by atoms with Crippen LogP contribution in [0.5, 0.6) is 0 Å². The van der Waals surface area contributed by atoms with E-state index in [2.05, 4.69) is 20.2 Å². The Hall–Kier alpha value is -3.36. The van der Waals surface area contributed by atoms with Gasteiger partial charge in [-0.3, -0.25) is 0 Å². The highest BCUT2D eigenvalue weighted by molar-refractivity contribution is 5.16. The van der Waals surface area contributed by atoms with Crippen LogP contribution < -0.4 is 0 Å². The minimum absolute atomic E-state index is 0.133. The molecule has 2 aromatic heterocycles. The second-order valence-electron chi connectivity index (χ2n) is 8.90. The number of aliphatic hydroxyl groups excluding tert-OH is 2. The third kappa shape index (κ3) is 6.82. The molecule has 4 aromatic rings. The van der Waals surface area contributed by atoms with Gasteiger partial charge in [-0.1, -0.05) is 88.4 Å². The highest BCUT2D eigenvalue weighted by Gasteiger charge is 2.19. The van der Waals surface area contributed by atoms with Gasteiger partial charge in [0.2, 0.25) is 0 Å². The van der Waals surface area contributed by atoms with Crippen molar-refractivity contribution in [1.29, 1.82) is 0 Å². The molecule has 2 N–H and O–H groups in total. The van der Waals surface area contributed by atoms with Crippen LogP contribution in [0, 0.1) is 11.8 Å². The third-order valence-corrected chi connectivity index (χ3v) is 5.43. The van der Waals surface area contributed by atoms with E-state index in [0.29, 0.717) is 24.7 Å². The summed E-state index contributed by atoms with van der Waals surface area (Å²) in [5.74, 6) is 1.52. The van der Waals surface area contributed by atoms with Gasteiger partial charge < -0.3 is 10.2 Å². The molecule has 0 bridgehead atoms. The normalized spacial score (nSPS) is 12.9. The standard InChI is InChI=1S/2C13H17N3O/c2*1-10(2)12(17)13-14-9-15-16(13)8-11-6-4-3-5-7-11/h2*3-7,9-10,12,17H,8H2,1-2H3. The van der Waals surface area contributed by atoms with E-state index >= 15 is 0 Å². The first-order chi connectivity index (χ1) is 16.4. The summed E-state index contributed by atoms with van der Waals surface area (Å²) in [6.07, 6.45) is 1.84. The van der Waals surface area contributed by atoms with Crippen LogP contribution in [0.3, 0.4) is 0 Å². The Morgan fingerprint density at radius 3 is 1.29 bits per heavy atom. The highest BCUT2D eigenvalue weighted by Crippen LogP contribution is 2.20. The van der Waals surface area contributed by atoms with Gasteiger partial charge in [0, 0.05) is 0 Å². The molecule has 0 saturated carbocycles. The molecule has 2 heterocycles. The van der Waals surface area contributed by atoms with Gasteiger partial charge in [0.05, 0.1) is 13.1 Å². The van der Waals surface area contributed by atoms with Gasteiger partial charge in [0.25, 0.3) is 0 Å². The molecule has 8 heteroatoms. The van der Waals surface area contributed by atoms with Gasteiger partial charge >= 0.3 is 0 Å². The molecule has 0 saturated heterocycles.